The van der Waals surface area contributed by atoms with Gasteiger partial charge in [0.25, 0.3) is 0 Å². The molecule has 2 aromatic rings. The molecule has 0 bridgehead atoms. The molecule has 1 N–H and O–H groups in total. The van der Waals surface area contributed by atoms with Gasteiger partial charge in [-0.15, -0.1) is 0 Å². The highest BCUT2D eigenvalue weighted by molar-refractivity contribution is 5.38. The highest BCUT2D eigenvalue weighted by Crippen LogP contribution is 2.34. The molecule has 0 amide bonds. The smallest absolute Gasteiger partial charge is 0.124 e. The first-order valence-corrected chi connectivity index (χ1v) is 7.83. The van der Waals surface area contributed by atoms with Crippen LogP contribution in [0, 0.1) is 0 Å². The summed E-state index contributed by atoms with van der Waals surface area (Å²) in [6, 6.07) is 10.6. The third-order valence-electron chi connectivity index (χ3n) is 4.03. The number of hydrogen-bond acceptors (Lipinski definition) is 3. The lowest BCUT2D eigenvalue weighted by molar-refractivity contribution is 0.173. The maximum atomic E-state index is 6.19. The maximum absolute atomic E-state index is 6.19. The van der Waals surface area contributed by atoms with Crippen molar-refractivity contribution < 1.29 is 4.74 Å². The van der Waals surface area contributed by atoms with Gasteiger partial charge in [0.15, 0.2) is 0 Å². The number of ether oxygens (including phenoxy) is 1. The molecule has 0 fully saturated rings. The highest BCUT2D eigenvalue weighted by atomic mass is 16.5. The van der Waals surface area contributed by atoms with Gasteiger partial charge in [-0.05, 0) is 37.6 Å². The third kappa shape index (κ3) is 2.81. The Morgan fingerprint density at radius 2 is 2.19 bits per heavy atom. The third-order valence-corrected chi connectivity index (χ3v) is 4.03. The van der Waals surface area contributed by atoms with Gasteiger partial charge in [-0.2, -0.15) is 5.10 Å². The number of fused-ring (bicyclic) bond motifs is 1. The van der Waals surface area contributed by atoms with E-state index >= 15 is 0 Å². The van der Waals surface area contributed by atoms with Crippen LogP contribution in [0.25, 0.3) is 0 Å². The standard InChI is InChI=1S/C17H23N3O/c1-3-10-18-17(14-9-11-19-20(14)4-2)16-12-13-7-5-6-8-15(13)21-16/h5-9,11,16-18H,3-4,10,12H2,1-2H3. The van der Waals surface area contributed by atoms with Gasteiger partial charge in [0, 0.05) is 19.2 Å². The van der Waals surface area contributed by atoms with E-state index in [1.807, 2.05) is 12.3 Å². The molecule has 2 atom stereocenters. The number of para-hydroxylation sites is 1. The number of nitrogens with zero attached hydrogens (tertiary/aromatic N) is 2. The lowest BCUT2D eigenvalue weighted by atomic mass is 10.0. The Kier molecular flexibility index (Phi) is 4.25. The Morgan fingerprint density at radius 3 is 2.95 bits per heavy atom. The van der Waals surface area contributed by atoms with Crippen LogP contribution in [0.15, 0.2) is 36.5 Å². The molecule has 1 aromatic carbocycles. The maximum Gasteiger partial charge on any atom is 0.124 e. The number of aromatic nitrogens is 2. The van der Waals surface area contributed by atoms with E-state index < -0.39 is 0 Å². The molecule has 0 radical (unpaired) electrons. The molecule has 0 aliphatic carbocycles. The molecule has 2 unspecified atom stereocenters. The van der Waals surface area contributed by atoms with Crippen LogP contribution < -0.4 is 10.1 Å². The molecular formula is C17H23N3O. The van der Waals surface area contributed by atoms with Gasteiger partial charge in [-0.3, -0.25) is 4.68 Å². The Morgan fingerprint density at radius 1 is 1.33 bits per heavy atom. The molecule has 112 valence electrons. The molecule has 3 rings (SSSR count). The Hall–Kier alpha value is -1.81. The molecule has 4 nitrogen and oxygen atoms in total. The van der Waals surface area contributed by atoms with E-state index in [1.54, 1.807) is 0 Å². The van der Waals surface area contributed by atoms with Crippen molar-refractivity contribution in [2.24, 2.45) is 0 Å². The average molecular weight is 285 g/mol. The average Bonchev–Trinajstić information content (AvgIpc) is 3.14. The first-order valence-electron chi connectivity index (χ1n) is 7.83. The summed E-state index contributed by atoms with van der Waals surface area (Å²) in [5.41, 5.74) is 2.51. The Labute approximate surface area is 126 Å². The van der Waals surface area contributed by atoms with Crippen molar-refractivity contribution in [1.82, 2.24) is 15.1 Å². The Balaban J connectivity index is 1.84. The fourth-order valence-electron chi connectivity index (χ4n) is 2.99. The summed E-state index contributed by atoms with van der Waals surface area (Å²) >= 11 is 0. The van der Waals surface area contributed by atoms with Gasteiger partial charge in [-0.25, -0.2) is 0 Å². The van der Waals surface area contributed by atoms with E-state index in [0.29, 0.717) is 0 Å². The van der Waals surface area contributed by atoms with Gasteiger partial charge in [0.1, 0.15) is 11.9 Å². The summed E-state index contributed by atoms with van der Waals surface area (Å²) in [5.74, 6) is 1.02. The van der Waals surface area contributed by atoms with Crippen molar-refractivity contribution in [3.63, 3.8) is 0 Å². The number of hydrogen-bond donors (Lipinski definition) is 1. The molecule has 4 heteroatoms. The van der Waals surface area contributed by atoms with E-state index in [2.05, 4.69) is 53.2 Å². The van der Waals surface area contributed by atoms with Gasteiger partial charge >= 0.3 is 0 Å². The lowest BCUT2D eigenvalue weighted by Crippen LogP contribution is -2.36. The summed E-state index contributed by atoms with van der Waals surface area (Å²) in [6.45, 7) is 6.17. The zero-order valence-corrected chi connectivity index (χ0v) is 12.7. The minimum absolute atomic E-state index is 0.135. The van der Waals surface area contributed by atoms with Crippen LogP contribution in [0.5, 0.6) is 5.75 Å². The van der Waals surface area contributed by atoms with Crippen molar-refractivity contribution in [3.8, 4) is 5.75 Å². The van der Waals surface area contributed by atoms with Gasteiger partial charge < -0.3 is 10.1 Å². The van der Waals surface area contributed by atoms with Crippen LogP contribution in [0.4, 0.5) is 0 Å². The monoisotopic (exact) mass is 285 g/mol. The minimum Gasteiger partial charge on any atom is -0.488 e. The number of nitrogens with one attached hydrogen (secondary N) is 1. The van der Waals surface area contributed by atoms with E-state index in [9.17, 15) is 0 Å². The molecule has 0 saturated heterocycles. The van der Waals surface area contributed by atoms with Crippen molar-refractivity contribution in [1.29, 1.82) is 0 Å². The van der Waals surface area contributed by atoms with Crippen LogP contribution in [0.1, 0.15) is 37.6 Å². The fraction of sp³-hybridized carbons (Fsp3) is 0.471. The zero-order chi connectivity index (χ0) is 14.7. The minimum atomic E-state index is 0.135. The second-order valence-electron chi connectivity index (χ2n) is 5.47. The quantitative estimate of drug-likeness (QED) is 0.887. The number of rotatable bonds is 6. The molecule has 1 aromatic heterocycles. The normalized spacial score (nSPS) is 18.3. The zero-order valence-electron chi connectivity index (χ0n) is 12.7. The van der Waals surface area contributed by atoms with E-state index in [0.717, 1.165) is 31.7 Å². The predicted molar refractivity (Wildman–Crippen MR) is 83.5 cm³/mol. The summed E-state index contributed by atoms with van der Waals surface area (Å²) in [4.78, 5) is 0. The Bertz CT molecular complexity index is 568. The molecular weight excluding hydrogens is 262 g/mol. The molecule has 1 aliphatic rings. The molecule has 0 spiro atoms. The van der Waals surface area contributed by atoms with Crippen molar-refractivity contribution in [3.05, 3.63) is 47.8 Å². The lowest BCUT2D eigenvalue weighted by Gasteiger charge is -2.25. The molecule has 21 heavy (non-hydrogen) atoms. The summed E-state index contributed by atoms with van der Waals surface area (Å²) in [6.07, 6.45) is 4.07. The van der Waals surface area contributed by atoms with Crippen LogP contribution >= 0.6 is 0 Å². The van der Waals surface area contributed by atoms with Crippen LogP contribution in [0.3, 0.4) is 0 Å². The van der Waals surface area contributed by atoms with Crippen LogP contribution in [0.2, 0.25) is 0 Å². The summed E-state index contributed by atoms with van der Waals surface area (Å²) in [7, 11) is 0. The van der Waals surface area contributed by atoms with Crippen molar-refractivity contribution in [2.45, 2.75) is 45.4 Å². The molecule has 1 aliphatic heterocycles. The number of benzene rings is 1. The van der Waals surface area contributed by atoms with Crippen molar-refractivity contribution in [2.75, 3.05) is 6.54 Å². The SMILES string of the molecule is CCCNC(c1ccnn1CC)C1Cc2ccccc2O1. The molecule has 0 saturated carbocycles. The van der Waals surface area contributed by atoms with Gasteiger partial charge in [0.05, 0.1) is 11.7 Å². The first kappa shape index (κ1) is 14.1. The van der Waals surface area contributed by atoms with E-state index in [4.69, 9.17) is 4.74 Å². The van der Waals surface area contributed by atoms with Crippen LogP contribution in [-0.4, -0.2) is 22.4 Å². The topological polar surface area (TPSA) is 39.1 Å². The second-order valence-corrected chi connectivity index (χ2v) is 5.47. The van der Waals surface area contributed by atoms with Gasteiger partial charge in [-0.1, -0.05) is 25.1 Å². The summed E-state index contributed by atoms with van der Waals surface area (Å²) in [5, 5.41) is 8.04. The van der Waals surface area contributed by atoms with Gasteiger partial charge in [0.2, 0.25) is 0 Å². The predicted octanol–water partition coefficient (Wildman–Crippen LogP) is 2.95. The highest BCUT2D eigenvalue weighted by Gasteiger charge is 2.32. The first-order chi connectivity index (χ1) is 10.3. The van der Waals surface area contributed by atoms with Crippen molar-refractivity contribution >= 4 is 0 Å². The van der Waals surface area contributed by atoms with Crippen LogP contribution in [-0.2, 0) is 13.0 Å². The van der Waals surface area contributed by atoms with E-state index in [-0.39, 0.29) is 12.1 Å². The second kappa shape index (κ2) is 6.31. The molecule has 2 heterocycles. The largest absolute Gasteiger partial charge is 0.488 e. The van der Waals surface area contributed by atoms with E-state index in [1.165, 1.54) is 11.3 Å². The number of aryl methyl sites for hydroxylation is 1. The summed E-state index contributed by atoms with van der Waals surface area (Å²) < 4.78 is 8.24. The fourth-order valence-corrected chi connectivity index (χ4v) is 2.99.